The Balaban J connectivity index is 1.89. The molecule has 0 saturated heterocycles. The van der Waals surface area contributed by atoms with Crippen LogP contribution in [0.4, 0.5) is 22.1 Å². The Bertz CT molecular complexity index is 1020. The summed E-state index contributed by atoms with van der Waals surface area (Å²) in [5.74, 6) is 0.659. The van der Waals surface area contributed by atoms with Gasteiger partial charge in [-0.15, -0.1) is 11.3 Å². The third-order valence-electron chi connectivity index (χ3n) is 3.90. The molecule has 0 spiro atoms. The number of para-hydroxylation sites is 1. The van der Waals surface area contributed by atoms with Gasteiger partial charge in [-0.1, -0.05) is 18.2 Å². The Hall–Kier alpha value is -3.70. The van der Waals surface area contributed by atoms with Gasteiger partial charge in [-0.25, -0.2) is 0 Å². The second kappa shape index (κ2) is 8.33. The lowest BCUT2D eigenvalue weighted by Crippen LogP contribution is -2.12. The Labute approximate surface area is 166 Å². The van der Waals surface area contributed by atoms with Crippen molar-refractivity contribution in [1.82, 2.24) is 0 Å². The monoisotopic (exact) mass is 394 g/mol. The van der Waals surface area contributed by atoms with Crippen LogP contribution in [0.3, 0.4) is 0 Å². The van der Waals surface area contributed by atoms with Crippen molar-refractivity contribution < 1.29 is 14.3 Å². The molecule has 0 saturated carbocycles. The number of hydrogen-bond donors (Lipinski definition) is 3. The van der Waals surface area contributed by atoms with Gasteiger partial charge in [-0.3, -0.25) is 4.79 Å². The largest absolute Gasteiger partial charge is 0.497 e. The molecule has 7 nitrogen and oxygen atoms in total. The molecular formula is C20H18N4O3S. The highest BCUT2D eigenvalue weighted by Crippen LogP contribution is 2.37. The Morgan fingerprint density at radius 2 is 1.71 bits per heavy atom. The van der Waals surface area contributed by atoms with Crippen molar-refractivity contribution in [2.75, 3.05) is 30.6 Å². The van der Waals surface area contributed by atoms with Crippen molar-refractivity contribution in [3.05, 3.63) is 59.0 Å². The van der Waals surface area contributed by atoms with Crippen molar-refractivity contribution >= 4 is 39.3 Å². The van der Waals surface area contributed by atoms with Gasteiger partial charge in [0, 0.05) is 29.6 Å². The zero-order valence-corrected chi connectivity index (χ0v) is 16.1. The number of nitrogens with one attached hydrogen (secondary N) is 2. The van der Waals surface area contributed by atoms with Crippen LogP contribution in [-0.4, -0.2) is 20.1 Å². The summed E-state index contributed by atoms with van der Waals surface area (Å²) < 4.78 is 10.4. The molecule has 28 heavy (non-hydrogen) atoms. The maximum absolute atomic E-state index is 12.8. The van der Waals surface area contributed by atoms with Gasteiger partial charge in [0.25, 0.3) is 5.91 Å². The van der Waals surface area contributed by atoms with E-state index >= 15 is 0 Å². The molecule has 1 amide bonds. The predicted octanol–water partition coefficient (Wildman–Crippen LogP) is 4.22. The molecule has 0 radical (unpaired) electrons. The second-order valence-electron chi connectivity index (χ2n) is 5.71. The van der Waals surface area contributed by atoms with E-state index in [2.05, 4.69) is 16.7 Å². The number of carbonyl (C=O) groups is 1. The molecule has 3 rings (SSSR count). The lowest BCUT2D eigenvalue weighted by atomic mass is 10.2. The number of anilines is 4. The van der Waals surface area contributed by atoms with Gasteiger partial charge >= 0.3 is 0 Å². The van der Waals surface area contributed by atoms with E-state index in [-0.39, 0.29) is 16.1 Å². The highest BCUT2D eigenvalue weighted by Gasteiger charge is 2.21. The number of ether oxygens (including phenoxy) is 2. The van der Waals surface area contributed by atoms with Crippen LogP contribution in [0.2, 0.25) is 0 Å². The zero-order chi connectivity index (χ0) is 20.1. The molecular weight excluding hydrogens is 376 g/mol. The number of nitrogens with two attached hydrogens (primary N) is 1. The number of methoxy groups -OCH3 is 2. The van der Waals surface area contributed by atoms with Gasteiger partial charge < -0.3 is 25.8 Å². The number of nitrogens with zero attached hydrogens (tertiary/aromatic N) is 1. The number of amides is 1. The summed E-state index contributed by atoms with van der Waals surface area (Å²) in [5, 5.41) is 15.9. The van der Waals surface area contributed by atoms with E-state index in [1.807, 2.05) is 30.3 Å². The molecule has 0 fully saturated rings. The number of carbonyl (C=O) groups excluding carboxylic acids is 1. The van der Waals surface area contributed by atoms with E-state index < -0.39 is 5.91 Å². The number of thiophene rings is 1. The topological polar surface area (TPSA) is 109 Å². The molecule has 0 bridgehead atoms. The van der Waals surface area contributed by atoms with Crippen LogP contribution < -0.4 is 25.8 Å². The van der Waals surface area contributed by atoms with E-state index in [4.69, 9.17) is 15.2 Å². The number of nitrogen functional groups attached to an aromatic ring is 1. The van der Waals surface area contributed by atoms with Crippen LogP contribution in [0, 0.1) is 11.3 Å². The molecule has 1 heterocycles. The van der Waals surface area contributed by atoms with Crippen LogP contribution in [0.5, 0.6) is 11.5 Å². The van der Waals surface area contributed by atoms with Gasteiger partial charge in [0.1, 0.15) is 33.0 Å². The van der Waals surface area contributed by atoms with E-state index in [1.165, 1.54) is 14.2 Å². The third-order valence-corrected chi connectivity index (χ3v) is 5.02. The summed E-state index contributed by atoms with van der Waals surface area (Å²) in [7, 11) is 3.05. The highest BCUT2D eigenvalue weighted by atomic mass is 32.1. The Morgan fingerprint density at radius 3 is 2.29 bits per heavy atom. The van der Waals surface area contributed by atoms with Crippen LogP contribution in [0.15, 0.2) is 48.5 Å². The fourth-order valence-electron chi connectivity index (χ4n) is 2.53. The molecule has 4 N–H and O–H groups in total. The number of hydrogen-bond acceptors (Lipinski definition) is 7. The van der Waals surface area contributed by atoms with E-state index in [0.717, 1.165) is 17.0 Å². The van der Waals surface area contributed by atoms with Crippen LogP contribution >= 0.6 is 11.3 Å². The molecule has 2 aromatic carbocycles. The average molecular weight is 394 g/mol. The maximum atomic E-state index is 12.8. The van der Waals surface area contributed by atoms with E-state index in [9.17, 15) is 10.1 Å². The summed E-state index contributed by atoms with van der Waals surface area (Å²) in [6, 6.07) is 16.4. The first kappa shape index (κ1) is 19.1. The van der Waals surface area contributed by atoms with Gasteiger partial charge in [0.15, 0.2) is 0 Å². The predicted molar refractivity (Wildman–Crippen MR) is 111 cm³/mol. The van der Waals surface area contributed by atoms with Crippen molar-refractivity contribution in [1.29, 1.82) is 5.26 Å². The molecule has 8 heteroatoms. The number of nitriles is 1. The first-order valence-electron chi connectivity index (χ1n) is 8.24. The van der Waals surface area contributed by atoms with Gasteiger partial charge in [-0.05, 0) is 12.1 Å². The van der Waals surface area contributed by atoms with Gasteiger partial charge in [0.2, 0.25) is 0 Å². The van der Waals surface area contributed by atoms with E-state index in [1.54, 1.807) is 18.2 Å². The average Bonchev–Trinajstić information content (AvgIpc) is 3.03. The fraction of sp³-hybridized carbons (Fsp3) is 0.100. The maximum Gasteiger partial charge on any atom is 0.267 e. The minimum atomic E-state index is -0.421. The summed E-state index contributed by atoms with van der Waals surface area (Å²) >= 11 is 1.12. The molecule has 142 valence electrons. The summed E-state index contributed by atoms with van der Waals surface area (Å²) in [4.78, 5) is 13.0. The minimum absolute atomic E-state index is 0.137. The summed E-state index contributed by atoms with van der Waals surface area (Å²) in [6.07, 6.45) is 0. The molecule has 0 atom stereocenters. The van der Waals surface area contributed by atoms with Crippen LogP contribution in [0.1, 0.15) is 15.2 Å². The first-order valence-corrected chi connectivity index (χ1v) is 9.06. The lowest BCUT2D eigenvalue weighted by molar-refractivity contribution is 0.103. The Kier molecular flexibility index (Phi) is 5.67. The molecule has 0 unspecified atom stereocenters. The molecule has 1 aromatic heterocycles. The number of rotatable bonds is 6. The molecule has 0 aliphatic heterocycles. The third kappa shape index (κ3) is 4.00. The van der Waals surface area contributed by atoms with Gasteiger partial charge in [-0.2, -0.15) is 5.26 Å². The summed E-state index contributed by atoms with van der Waals surface area (Å²) in [6.45, 7) is 0. The first-order chi connectivity index (χ1) is 13.5. The standard InChI is InChI=1S/C20H18N4O3S/c1-26-14-8-13(9-15(10-14)27-2)23-19(25)18-17(22)16(11-21)20(28-18)24-12-6-4-3-5-7-12/h3-10,24H,22H2,1-2H3,(H,23,25). The zero-order valence-electron chi connectivity index (χ0n) is 15.3. The number of benzene rings is 2. The van der Waals surface area contributed by atoms with Crippen LogP contribution in [0.25, 0.3) is 0 Å². The smallest absolute Gasteiger partial charge is 0.267 e. The van der Waals surface area contributed by atoms with Crippen molar-refractivity contribution in [3.8, 4) is 17.6 Å². The fourth-order valence-corrected chi connectivity index (χ4v) is 3.52. The normalized spacial score (nSPS) is 10.0. The Morgan fingerprint density at radius 1 is 1.07 bits per heavy atom. The van der Waals surface area contributed by atoms with Crippen molar-refractivity contribution in [2.45, 2.75) is 0 Å². The molecule has 3 aromatic rings. The molecule has 0 aliphatic rings. The highest BCUT2D eigenvalue weighted by molar-refractivity contribution is 7.19. The van der Waals surface area contributed by atoms with Gasteiger partial charge in [0.05, 0.1) is 19.9 Å². The SMILES string of the molecule is COc1cc(NC(=O)c2sc(Nc3ccccc3)c(C#N)c2N)cc(OC)c1. The van der Waals surface area contributed by atoms with Crippen LogP contribution in [-0.2, 0) is 0 Å². The van der Waals surface area contributed by atoms with Crippen molar-refractivity contribution in [3.63, 3.8) is 0 Å². The van der Waals surface area contributed by atoms with E-state index in [0.29, 0.717) is 22.2 Å². The van der Waals surface area contributed by atoms with Crippen molar-refractivity contribution in [2.24, 2.45) is 0 Å². The second-order valence-corrected chi connectivity index (χ2v) is 6.73. The quantitative estimate of drug-likeness (QED) is 0.578. The minimum Gasteiger partial charge on any atom is -0.497 e. The lowest BCUT2D eigenvalue weighted by Gasteiger charge is -2.09. The molecule has 0 aliphatic carbocycles. The summed E-state index contributed by atoms with van der Waals surface area (Å²) in [5.41, 5.74) is 7.74.